The third-order valence-electron chi connectivity index (χ3n) is 4.54. The van der Waals surface area contributed by atoms with Crippen molar-refractivity contribution >= 4 is 5.97 Å². The molecule has 0 aliphatic heterocycles. The van der Waals surface area contributed by atoms with E-state index in [1.807, 2.05) is 0 Å². The molecule has 0 radical (unpaired) electrons. The molecule has 2 nitrogen and oxygen atoms in total. The summed E-state index contributed by atoms with van der Waals surface area (Å²) in [5, 5.41) is 9.41. The Morgan fingerprint density at radius 3 is 2.50 bits per heavy atom. The van der Waals surface area contributed by atoms with Crippen molar-refractivity contribution in [2.45, 2.75) is 51.9 Å². The SMILES string of the molecule is CCC1CCC(C(=O)O)(C2CCC2)C1. The van der Waals surface area contributed by atoms with Crippen molar-refractivity contribution in [3.05, 3.63) is 0 Å². The fourth-order valence-electron chi connectivity index (χ4n) is 3.23. The maximum atomic E-state index is 11.4. The third kappa shape index (κ3) is 1.35. The summed E-state index contributed by atoms with van der Waals surface area (Å²) in [6, 6.07) is 0. The topological polar surface area (TPSA) is 37.3 Å². The summed E-state index contributed by atoms with van der Waals surface area (Å²) in [6.45, 7) is 2.18. The molecule has 0 amide bonds. The smallest absolute Gasteiger partial charge is 0.309 e. The van der Waals surface area contributed by atoms with Crippen LogP contribution in [0.1, 0.15) is 51.9 Å². The highest BCUT2D eigenvalue weighted by molar-refractivity contribution is 5.75. The van der Waals surface area contributed by atoms with Crippen molar-refractivity contribution in [1.29, 1.82) is 0 Å². The summed E-state index contributed by atoms with van der Waals surface area (Å²) >= 11 is 0. The maximum Gasteiger partial charge on any atom is 0.309 e. The van der Waals surface area contributed by atoms with E-state index in [-0.39, 0.29) is 5.41 Å². The second-order valence-electron chi connectivity index (χ2n) is 5.11. The van der Waals surface area contributed by atoms with E-state index in [1.165, 1.54) is 6.42 Å². The molecule has 2 aliphatic rings. The maximum absolute atomic E-state index is 11.4. The molecule has 14 heavy (non-hydrogen) atoms. The molecule has 0 aromatic rings. The number of carbonyl (C=O) groups is 1. The average molecular weight is 196 g/mol. The summed E-state index contributed by atoms with van der Waals surface area (Å²) in [6.07, 6.45) is 7.73. The average Bonchev–Trinajstić information content (AvgIpc) is 2.47. The van der Waals surface area contributed by atoms with Gasteiger partial charge in [-0.15, -0.1) is 0 Å². The third-order valence-corrected chi connectivity index (χ3v) is 4.54. The second kappa shape index (κ2) is 3.56. The fraction of sp³-hybridized carbons (Fsp3) is 0.917. The standard InChI is InChI=1S/C12H20O2/c1-2-9-6-7-12(8-9,11(13)14)10-4-3-5-10/h9-10H,2-8H2,1H3,(H,13,14). The van der Waals surface area contributed by atoms with E-state index in [0.717, 1.165) is 38.5 Å². The summed E-state index contributed by atoms with van der Waals surface area (Å²) in [4.78, 5) is 11.4. The van der Waals surface area contributed by atoms with E-state index in [2.05, 4.69) is 6.92 Å². The summed E-state index contributed by atoms with van der Waals surface area (Å²) in [5.74, 6) is 0.654. The molecule has 0 aromatic carbocycles. The molecular weight excluding hydrogens is 176 g/mol. The van der Waals surface area contributed by atoms with Gasteiger partial charge in [0.1, 0.15) is 0 Å². The lowest BCUT2D eigenvalue weighted by atomic mass is 9.64. The van der Waals surface area contributed by atoms with Gasteiger partial charge in [-0.2, -0.15) is 0 Å². The summed E-state index contributed by atoms with van der Waals surface area (Å²) in [5.41, 5.74) is -0.321. The highest BCUT2D eigenvalue weighted by Crippen LogP contribution is 2.54. The second-order valence-corrected chi connectivity index (χ2v) is 5.11. The van der Waals surface area contributed by atoms with Crippen LogP contribution in [0.25, 0.3) is 0 Å². The Balaban J connectivity index is 2.11. The molecule has 2 rings (SSSR count). The number of hydrogen-bond donors (Lipinski definition) is 1. The first-order valence-electron chi connectivity index (χ1n) is 5.92. The number of carboxylic acid groups (broad SMARTS) is 1. The first-order chi connectivity index (χ1) is 6.69. The van der Waals surface area contributed by atoms with E-state index in [9.17, 15) is 9.90 Å². The molecule has 1 N–H and O–H groups in total. The van der Waals surface area contributed by atoms with Crippen molar-refractivity contribution < 1.29 is 9.90 Å². The van der Waals surface area contributed by atoms with Gasteiger partial charge in [0.15, 0.2) is 0 Å². The van der Waals surface area contributed by atoms with Gasteiger partial charge in [-0.3, -0.25) is 4.79 Å². The zero-order valence-electron chi connectivity index (χ0n) is 8.96. The van der Waals surface area contributed by atoms with Gasteiger partial charge < -0.3 is 5.11 Å². The van der Waals surface area contributed by atoms with Crippen LogP contribution in [0.3, 0.4) is 0 Å². The largest absolute Gasteiger partial charge is 0.481 e. The predicted octanol–water partition coefficient (Wildman–Crippen LogP) is 3.07. The van der Waals surface area contributed by atoms with Crippen LogP contribution in [0.4, 0.5) is 0 Å². The molecule has 2 heteroatoms. The van der Waals surface area contributed by atoms with Gasteiger partial charge in [0.2, 0.25) is 0 Å². The molecule has 0 aromatic heterocycles. The van der Waals surface area contributed by atoms with Crippen molar-refractivity contribution in [3.63, 3.8) is 0 Å². The van der Waals surface area contributed by atoms with Gasteiger partial charge in [-0.05, 0) is 43.9 Å². The van der Waals surface area contributed by atoms with Crippen molar-refractivity contribution in [3.8, 4) is 0 Å². The number of hydrogen-bond acceptors (Lipinski definition) is 1. The van der Waals surface area contributed by atoms with Gasteiger partial charge in [0, 0.05) is 0 Å². The van der Waals surface area contributed by atoms with Crippen LogP contribution in [0.2, 0.25) is 0 Å². The number of rotatable bonds is 3. The Kier molecular flexibility index (Phi) is 2.54. The van der Waals surface area contributed by atoms with Crippen LogP contribution in [0.5, 0.6) is 0 Å². The molecule has 0 heterocycles. The Bertz CT molecular complexity index is 232. The lowest BCUT2D eigenvalue weighted by Gasteiger charge is -2.40. The summed E-state index contributed by atoms with van der Waals surface area (Å²) in [7, 11) is 0. The predicted molar refractivity (Wildman–Crippen MR) is 55.0 cm³/mol. The van der Waals surface area contributed by atoms with Crippen LogP contribution in [0.15, 0.2) is 0 Å². The van der Waals surface area contributed by atoms with Crippen LogP contribution in [0, 0.1) is 17.3 Å². The molecule has 0 bridgehead atoms. The minimum atomic E-state index is -0.516. The molecule has 2 atom stereocenters. The Morgan fingerprint density at radius 1 is 1.43 bits per heavy atom. The molecular formula is C12H20O2. The molecule has 2 unspecified atom stereocenters. The van der Waals surface area contributed by atoms with E-state index in [0.29, 0.717) is 11.8 Å². The lowest BCUT2D eigenvalue weighted by Crippen LogP contribution is -2.40. The van der Waals surface area contributed by atoms with E-state index in [4.69, 9.17) is 0 Å². The summed E-state index contributed by atoms with van der Waals surface area (Å²) < 4.78 is 0. The Morgan fingerprint density at radius 2 is 2.14 bits per heavy atom. The highest BCUT2D eigenvalue weighted by atomic mass is 16.4. The lowest BCUT2D eigenvalue weighted by molar-refractivity contribution is -0.155. The first-order valence-corrected chi connectivity index (χ1v) is 5.92. The normalized spacial score (nSPS) is 38.2. The Labute approximate surface area is 85.7 Å². The molecule has 0 spiro atoms. The van der Waals surface area contributed by atoms with Crippen molar-refractivity contribution in [2.75, 3.05) is 0 Å². The molecule has 0 saturated heterocycles. The minimum Gasteiger partial charge on any atom is -0.481 e. The van der Waals surface area contributed by atoms with Gasteiger partial charge in [-0.25, -0.2) is 0 Å². The van der Waals surface area contributed by atoms with Crippen LogP contribution < -0.4 is 0 Å². The van der Waals surface area contributed by atoms with Crippen LogP contribution >= 0.6 is 0 Å². The minimum absolute atomic E-state index is 0.321. The number of aliphatic carboxylic acids is 1. The van der Waals surface area contributed by atoms with Gasteiger partial charge >= 0.3 is 5.97 Å². The first kappa shape index (κ1) is 10.0. The van der Waals surface area contributed by atoms with Crippen LogP contribution in [-0.2, 0) is 4.79 Å². The van der Waals surface area contributed by atoms with Crippen LogP contribution in [-0.4, -0.2) is 11.1 Å². The van der Waals surface area contributed by atoms with Gasteiger partial charge in [-0.1, -0.05) is 19.8 Å². The van der Waals surface area contributed by atoms with Gasteiger partial charge in [0.05, 0.1) is 5.41 Å². The highest BCUT2D eigenvalue weighted by Gasteiger charge is 2.51. The van der Waals surface area contributed by atoms with Gasteiger partial charge in [0.25, 0.3) is 0 Å². The van der Waals surface area contributed by atoms with Crippen molar-refractivity contribution in [2.24, 2.45) is 17.3 Å². The zero-order chi connectivity index (χ0) is 10.2. The monoisotopic (exact) mass is 196 g/mol. The molecule has 2 fully saturated rings. The quantitative estimate of drug-likeness (QED) is 0.753. The zero-order valence-corrected chi connectivity index (χ0v) is 8.96. The van der Waals surface area contributed by atoms with E-state index in [1.54, 1.807) is 0 Å². The van der Waals surface area contributed by atoms with E-state index >= 15 is 0 Å². The van der Waals surface area contributed by atoms with Crippen molar-refractivity contribution in [1.82, 2.24) is 0 Å². The Hall–Kier alpha value is -0.530. The number of carboxylic acids is 1. The molecule has 2 saturated carbocycles. The van der Waals surface area contributed by atoms with E-state index < -0.39 is 5.97 Å². The molecule has 2 aliphatic carbocycles. The fourth-order valence-corrected chi connectivity index (χ4v) is 3.23. The molecule has 80 valence electrons.